The normalized spacial score (nSPS) is 18.8. The summed E-state index contributed by atoms with van der Waals surface area (Å²) in [5.74, 6) is 0.183. The molecular weight excluding hydrogens is 373 g/mol. The number of aliphatic hydroxyl groups is 1. The van der Waals surface area contributed by atoms with E-state index in [9.17, 15) is 18.3 Å². The minimum absolute atomic E-state index is 0.337. The van der Waals surface area contributed by atoms with Crippen LogP contribution in [0.5, 0.6) is 11.5 Å². The number of benzene rings is 1. The molecule has 1 atom stereocenters. The van der Waals surface area contributed by atoms with Gasteiger partial charge in [0, 0.05) is 30.3 Å². The van der Waals surface area contributed by atoms with E-state index in [1.807, 2.05) is 20.9 Å². The Balaban J connectivity index is 2.04. The summed E-state index contributed by atoms with van der Waals surface area (Å²) in [5.41, 5.74) is -1.02. The fourth-order valence-corrected chi connectivity index (χ4v) is 4.00. The number of aromatic nitrogens is 1. The number of halogens is 3. The van der Waals surface area contributed by atoms with Gasteiger partial charge >= 0.3 is 6.36 Å². The zero-order chi connectivity index (χ0) is 20.6. The van der Waals surface area contributed by atoms with Crippen molar-refractivity contribution in [2.75, 3.05) is 26.7 Å². The maximum Gasteiger partial charge on any atom is 0.573 e. The maximum absolute atomic E-state index is 12.5. The number of ether oxygens (including phenoxy) is 2. The van der Waals surface area contributed by atoms with Crippen LogP contribution in [0.15, 0.2) is 42.7 Å². The Bertz CT molecular complexity index is 820. The van der Waals surface area contributed by atoms with Crippen LogP contribution < -0.4 is 9.47 Å². The van der Waals surface area contributed by atoms with E-state index in [0.717, 1.165) is 0 Å². The quantitative estimate of drug-likeness (QED) is 0.809. The molecule has 8 heteroatoms. The second kappa shape index (κ2) is 7.25. The maximum atomic E-state index is 12.5. The number of hydrogen-bond donors (Lipinski definition) is 1. The number of nitrogens with zero attached hydrogens (tertiary/aromatic N) is 2. The molecule has 1 fully saturated rings. The van der Waals surface area contributed by atoms with Crippen LogP contribution >= 0.6 is 0 Å². The lowest BCUT2D eigenvalue weighted by atomic mass is 9.62. The molecule has 0 aliphatic carbocycles. The summed E-state index contributed by atoms with van der Waals surface area (Å²) in [6.45, 7) is 5.47. The molecule has 0 radical (unpaired) electrons. The highest BCUT2D eigenvalue weighted by molar-refractivity contribution is 5.43. The molecule has 28 heavy (non-hydrogen) atoms. The first-order valence-corrected chi connectivity index (χ1v) is 8.93. The SMILES string of the molecule is CCOc1cncc(C(O)(c2ccc(OC(F)(F)F)cc2)C2(C)CN(C)C2)c1. The van der Waals surface area contributed by atoms with Crippen molar-refractivity contribution >= 4 is 0 Å². The molecule has 1 N–H and O–H groups in total. The Morgan fingerprint density at radius 2 is 1.75 bits per heavy atom. The molecule has 1 aliphatic heterocycles. The van der Waals surface area contributed by atoms with E-state index in [4.69, 9.17) is 4.74 Å². The highest BCUT2D eigenvalue weighted by Crippen LogP contribution is 2.50. The van der Waals surface area contributed by atoms with Crippen LogP contribution in [0.3, 0.4) is 0 Å². The molecule has 0 amide bonds. The molecule has 1 saturated heterocycles. The molecule has 2 heterocycles. The van der Waals surface area contributed by atoms with Crippen LogP contribution in [-0.2, 0) is 5.60 Å². The van der Waals surface area contributed by atoms with Crippen molar-refractivity contribution in [2.45, 2.75) is 25.8 Å². The molecule has 1 aromatic heterocycles. The smallest absolute Gasteiger partial charge is 0.492 e. The zero-order valence-electron chi connectivity index (χ0n) is 16.0. The number of alkyl halides is 3. The Morgan fingerprint density at radius 1 is 1.11 bits per heavy atom. The molecule has 0 saturated carbocycles. The van der Waals surface area contributed by atoms with Gasteiger partial charge in [0.25, 0.3) is 0 Å². The predicted molar refractivity (Wildman–Crippen MR) is 97.1 cm³/mol. The van der Waals surface area contributed by atoms with E-state index in [0.29, 0.717) is 36.6 Å². The third kappa shape index (κ3) is 3.79. The van der Waals surface area contributed by atoms with Crippen molar-refractivity contribution in [2.24, 2.45) is 5.41 Å². The number of likely N-dealkylation sites (tertiary alicyclic amines) is 1. The fraction of sp³-hybridized carbons (Fsp3) is 0.450. The van der Waals surface area contributed by atoms with Crippen molar-refractivity contribution in [3.05, 3.63) is 53.9 Å². The lowest BCUT2D eigenvalue weighted by Gasteiger charge is -2.55. The van der Waals surface area contributed by atoms with Crippen LogP contribution in [0.2, 0.25) is 0 Å². The molecule has 1 aliphatic rings. The highest BCUT2D eigenvalue weighted by atomic mass is 19.4. The van der Waals surface area contributed by atoms with Gasteiger partial charge in [-0.1, -0.05) is 19.1 Å². The van der Waals surface area contributed by atoms with Crippen LogP contribution in [-0.4, -0.2) is 48.1 Å². The first-order chi connectivity index (χ1) is 13.1. The second-order valence-electron chi connectivity index (χ2n) is 7.36. The third-order valence-corrected chi connectivity index (χ3v) is 5.06. The summed E-state index contributed by atoms with van der Waals surface area (Å²) in [4.78, 5) is 6.24. The molecule has 0 bridgehead atoms. The van der Waals surface area contributed by atoms with Gasteiger partial charge in [0.2, 0.25) is 0 Å². The average Bonchev–Trinajstić information content (AvgIpc) is 2.59. The summed E-state index contributed by atoms with van der Waals surface area (Å²) in [7, 11) is 1.94. The molecular formula is C20H23F3N2O3. The van der Waals surface area contributed by atoms with E-state index < -0.39 is 17.4 Å². The van der Waals surface area contributed by atoms with Crippen LogP contribution in [0.25, 0.3) is 0 Å². The minimum Gasteiger partial charge on any atom is -0.492 e. The van der Waals surface area contributed by atoms with Gasteiger partial charge in [0.05, 0.1) is 12.8 Å². The zero-order valence-corrected chi connectivity index (χ0v) is 16.0. The molecule has 152 valence electrons. The number of pyridine rings is 1. The van der Waals surface area contributed by atoms with Gasteiger partial charge in [-0.15, -0.1) is 13.2 Å². The van der Waals surface area contributed by atoms with Crippen molar-refractivity contribution in [1.29, 1.82) is 0 Å². The monoisotopic (exact) mass is 396 g/mol. The summed E-state index contributed by atoms with van der Waals surface area (Å²) in [6.07, 6.45) is -1.65. The molecule has 0 spiro atoms. The molecule has 1 unspecified atom stereocenters. The van der Waals surface area contributed by atoms with Crippen molar-refractivity contribution in [3.63, 3.8) is 0 Å². The van der Waals surface area contributed by atoms with Crippen molar-refractivity contribution in [3.8, 4) is 11.5 Å². The minimum atomic E-state index is -4.77. The van der Waals surface area contributed by atoms with Crippen LogP contribution in [0.4, 0.5) is 13.2 Å². The van der Waals surface area contributed by atoms with E-state index in [1.54, 1.807) is 18.5 Å². The summed E-state index contributed by atoms with van der Waals surface area (Å²) in [6, 6.07) is 7.05. The third-order valence-electron chi connectivity index (χ3n) is 5.06. The van der Waals surface area contributed by atoms with E-state index >= 15 is 0 Å². The molecule has 3 rings (SSSR count). The van der Waals surface area contributed by atoms with Crippen LogP contribution in [0.1, 0.15) is 25.0 Å². The standard InChI is InChI=1S/C20H23F3N2O3/c1-4-27-17-9-15(10-24-11-17)19(26,18(2)12-25(3)13-18)14-5-7-16(8-6-14)28-20(21,22)23/h5-11,26H,4,12-13H2,1-3H3. The molecule has 5 nitrogen and oxygen atoms in total. The highest BCUT2D eigenvalue weighted by Gasteiger charge is 2.55. The van der Waals surface area contributed by atoms with Crippen molar-refractivity contribution < 1.29 is 27.8 Å². The lowest BCUT2D eigenvalue weighted by molar-refractivity contribution is -0.274. The number of hydrogen-bond acceptors (Lipinski definition) is 5. The van der Waals surface area contributed by atoms with Gasteiger partial charge in [-0.3, -0.25) is 4.98 Å². The van der Waals surface area contributed by atoms with Gasteiger partial charge in [0.1, 0.15) is 17.1 Å². The lowest BCUT2D eigenvalue weighted by Crippen LogP contribution is -2.63. The van der Waals surface area contributed by atoms with Crippen LogP contribution in [0, 0.1) is 5.41 Å². The van der Waals surface area contributed by atoms with Crippen molar-refractivity contribution in [1.82, 2.24) is 9.88 Å². The van der Waals surface area contributed by atoms with Gasteiger partial charge in [0.15, 0.2) is 0 Å². The number of rotatable bonds is 6. The fourth-order valence-electron chi connectivity index (χ4n) is 4.00. The van der Waals surface area contributed by atoms with Gasteiger partial charge < -0.3 is 19.5 Å². The Hall–Kier alpha value is -2.32. The predicted octanol–water partition coefficient (Wildman–Crippen LogP) is 3.57. The Kier molecular flexibility index (Phi) is 5.29. The van der Waals surface area contributed by atoms with E-state index in [-0.39, 0.29) is 5.75 Å². The molecule has 2 aromatic rings. The largest absolute Gasteiger partial charge is 0.573 e. The first-order valence-electron chi connectivity index (χ1n) is 8.93. The summed E-state index contributed by atoms with van der Waals surface area (Å²) in [5, 5.41) is 11.9. The average molecular weight is 396 g/mol. The Morgan fingerprint density at radius 3 is 2.29 bits per heavy atom. The second-order valence-corrected chi connectivity index (χ2v) is 7.36. The topological polar surface area (TPSA) is 54.8 Å². The van der Waals surface area contributed by atoms with E-state index in [1.165, 1.54) is 24.3 Å². The summed E-state index contributed by atoms with van der Waals surface area (Å²) >= 11 is 0. The van der Waals surface area contributed by atoms with Gasteiger partial charge in [-0.2, -0.15) is 0 Å². The molecule has 1 aromatic carbocycles. The van der Waals surface area contributed by atoms with Gasteiger partial charge in [-0.25, -0.2) is 0 Å². The Labute approximate surface area is 161 Å². The van der Waals surface area contributed by atoms with E-state index in [2.05, 4.69) is 14.6 Å². The summed E-state index contributed by atoms with van der Waals surface area (Å²) < 4.78 is 46.8. The first kappa shape index (κ1) is 20.4. The van der Waals surface area contributed by atoms with Gasteiger partial charge in [-0.05, 0) is 37.7 Å².